The average Bonchev–Trinajstić information content (AvgIpc) is 2.94. The summed E-state index contributed by atoms with van der Waals surface area (Å²) in [5.74, 6) is -0.214. The molecule has 0 radical (unpaired) electrons. The smallest absolute Gasteiger partial charge is 0.226 e. The molecule has 27 heavy (non-hydrogen) atoms. The number of anilines is 1. The van der Waals surface area contributed by atoms with Crippen LogP contribution in [0, 0.1) is 13.8 Å². The van der Waals surface area contributed by atoms with Crippen molar-refractivity contribution in [3.8, 4) is 0 Å². The molecular formula is C21H22BrN3O2. The highest BCUT2D eigenvalue weighted by atomic mass is 79.9. The zero-order valence-electron chi connectivity index (χ0n) is 15.4. The van der Waals surface area contributed by atoms with E-state index in [4.69, 9.17) is 0 Å². The Labute approximate surface area is 166 Å². The number of halogens is 1. The molecule has 0 aliphatic carbocycles. The molecule has 1 heterocycles. The van der Waals surface area contributed by atoms with Gasteiger partial charge in [-0.15, -0.1) is 0 Å². The van der Waals surface area contributed by atoms with Crippen LogP contribution in [0.3, 0.4) is 0 Å². The standard InChI is InChI=1S/C21H22BrN3O2/c1-13-7-8-15(22)11-19(13)25-20(26)9-10-23-21(27)12-17-14(2)24-18-6-4-3-5-16(17)18/h3-8,11,24H,9-10,12H2,1-2H3,(H,23,27)(H,25,26). The van der Waals surface area contributed by atoms with Crippen molar-refractivity contribution in [1.29, 1.82) is 0 Å². The van der Waals surface area contributed by atoms with Gasteiger partial charge in [0.2, 0.25) is 11.8 Å². The van der Waals surface area contributed by atoms with Gasteiger partial charge in [0, 0.05) is 39.7 Å². The number of nitrogens with one attached hydrogen (secondary N) is 3. The Morgan fingerprint density at radius 2 is 1.85 bits per heavy atom. The maximum atomic E-state index is 12.3. The van der Waals surface area contributed by atoms with Crippen molar-refractivity contribution in [3.63, 3.8) is 0 Å². The first-order valence-corrected chi connectivity index (χ1v) is 9.62. The molecule has 2 aromatic carbocycles. The summed E-state index contributed by atoms with van der Waals surface area (Å²) >= 11 is 3.40. The number of carbonyl (C=O) groups excluding carboxylic acids is 2. The zero-order valence-corrected chi connectivity index (χ0v) is 16.9. The number of H-pyrrole nitrogens is 1. The molecule has 0 fully saturated rings. The minimum atomic E-state index is -0.125. The molecule has 0 aliphatic heterocycles. The summed E-state index contributed by atoms with van der Waals surface area (Å²) in [6, 6.07) is 13.7. The van der Waals surface area contributed by atoms with Crippen LogP contribution in [0.4, 0.5) is 5.69 Å². The van der Waals surface area contributed by atoms with Crippen molar-refractivity contribution in [3.05, 3.63) is 63.8 Å². The number of para-hydroxylation sites is 1. The van der Waals surface area contributed by atoms with E-state index in [2.05, 4.69) is 31.5 Å². The molecule has 6 heteroatoms. The highest BCUT2D eigenvalue weighted by Crippen LogP contribution is 2.22. The van der Waals surface area contributed by atoms with Crippen molar-refractivity contribution < 1.29 is 9.59 Å². The number of rotatable bonds is 6. The van der Waals surface area contributed by atoms with E-state index in [-0.39, 0.29) is 18.2 Å². The van der Waals surface area contributed by atoms with Crippen LogP contribution in [0.5, 0.6) is 0 Å². The summed E-state index contributed by atoms with van der Waals surface area (Å²) in [6.07, 6.45) is 0.521. The second-order valence-corrected chi connectivity index (χ2v) is 7.47. The summed E-state index contributed by atoms with van der Waals surface area (Å²) in [6.45, 7) is 4.21. The van der Waals surface area contributed by atoms with Crippen molar-refractivity contribution in [2.24, 2.45) is 0 Å². The number of hydrogen-bond donors (Lipinski definition) is 3. The Balaban J connectivity index is 1.51. The molecule has 3 rings (SSSR count). The Hall–Kier alpha value is -2.60. The van der Waals surface area contributed by atoms with Crippen molar-refractivity contribution in [2.75, 3.05) is 11.9 Å². The Kier molecular flexibility index (Phi) is 5.96. The molecule has 0 atom stereocenters. The maximum absolute atomic E-state index is 12.3. The predicted octanol–water partition coefficient (Wildman–Crippen LogP) is 4.23. The Morgan fingerprint density at radius 3 is 2.67 bits per heavy atom. The average molecular weight is 428 g/mol. The zero-order chi connectivity index (χ0) is 19.4. The number of carbonyl (C=O) groups is 2. The molecule has 3 aromatic rings. The minimum absolute atomic E-state index is 0.0886. The first-order valence-electron chi connectivity index (χ1n) is 8.83. The molecule has 0 spiro atoms. The van der Waals surface area contributed by atoms with E-state index in [1.807, 2.05) is 56.3 Å². The third-order valence-corrected chi connectivity index (χ3v) is 5.01. The fourth-order valence-corrected chi connectivity index (χ4v) is 3.40. The molecule has 2 amide bonds. The van der Waals surface area contributed by atoms with E-state index in [1.165, 1.54) is 0 Å². The van der Waals surface area contributed by atoms with Gasteiger partial charge in [-0.1, -0.05) is 40.2 Å². The van der Waals surface area contributed by atoms with Gasteiger partial charge in [-0.05, 0) is 43.2 Å². The van der Waals surface area contributed by atoms with Gasteiger partial charge >= 0.3 is 0 Å². The normalized spacial score (nSPS) is 10.8. The predicted molar refractivity (Wildman–Crippen MR) is 112 cm³/mol. The van der Waals surface area contributed by atoms with E-state index in [0.717, 1.165) is 37.9 Å². The van der Waals surface area contributed by atoms with Gasteiger partial charge in [0.25, 0.3) is 0 Å². The summed E-state index contributed by atoms with van der Waals surface area (Å²) in [4.78, 5) is 27.7. The molecule has 0 saturated carbocycles. The lowest BCUT2D eigenvalue weighted by Crippen LogP contribution is -2.29. The maximum Gasteiger partial charge on any atom is 0.226 e. The van der Waals surface area contributed by atoms with Gasteiger partial charge < -0.3 is 15.6 Å². The van der Waals surface area contributed by atoms with E-state index in [1.54, 1.807) is 0 Å². The number of hydrogen-bond acceptors (Lipinski definition) is 2. The molecular weight excluding hydrogens is 406 g/mol. The molecule has 0 bridgehead atoms. The first-order chi connectivity index (χ1) is 12.9. The summed E-state index contributed by atoms with van der Waals surface area (Å²) in [7, 11) is 0. The fourth-order valence-electron chi connectivity index (χ4n) is 3.04. The number of fused-ring (bicyclic) bond motifs is 1. The second kappa shape index (κ2) is 8.39. The number of aromatic amines is 1. The fraction of sp³-hybridized carbons (Fsp3) is 0.238. The lowest BCUT2D eigenvalue weighted by Gasteiger charge is -2.09. The van der Waals surface area contributed by atoms with Gasteiger partial charge in [0.15, 0.2) is 0 Å². The van der Waals surface area contributed by atoms with E-state index in [0.29, 0.717) is 13.0 Å². The molecule has 0 saturated heterocycles. The second-order valence-electron chi connectivity index (χ2n) is 6.56. The highest BCUT2D eigenvalue weighted by Gasteiger charge is 2.12. The van der Waals surface area contributed by atoms with E-state index < -0.39 is 0 Å². The van der Waals surface area contributed by atoms with Crippen LogP contribution >= 0.6 is 15.9 Å². The number of aromatic nitrogens is 1. The lowest BCUT2D eigenvalue weighted by atomic mass is 10.1. The van der Waals surface area contributed by atoms with Crippen LogP contribution < -0.4 is 10.6 Å². The summed E-state index contributed by atoms with van der Waals surface area (Å²) in [5, 5.41) is 6.77. The molecule has 1 aromatic heterocycles. The summed E-state index contributed by atoms with van der Waals surface area (Å²) in [5.41, 5.74) is 4.79. The molecule has 0 unspecified atom stereocenters. The van der Waals surface area contributed by atoms with Crippen molar-refractivity contribution in [2.45, 2.75) is 26.7 Å². The van der Waals surface area contributed by atoms with Crippen LogP contribution in [-0.2, 0) is 16.0 Å². The van der Waals surface area contributed by atoms with Crippen LogP contribution in [0.1, 0.15) is 23.2 Å². The Morgan fingerprint density at radius 1 is 1.07 bits per heavy atom. The molecule has 3 N–H and O–H groups in total. The molecule has 0 aliphatic rings. The van der Waals surface area contributed by atoms with Crippen LogP contribution in [0.2, 0.25) is 0 Å². The number of benzene rings is 2. The van der Waals surface area contributed by atoms with Gasteiger partial charge in [0.05, 0.1) is 6.42 Å². The molecule has 140 valence electrons. The number of aryl methyl sites for hydroxylation is 2. The van der Waals surface area contributed by atoms with Crippen LogP contribution in [0.15, 0.2) is 46.9 Å². The SMILES string of the molecule is Cc1ccc(Br)cc1NC(=O)CCNC(=O)Cc1c(C)[nH]c2ccccc12. The number of amides is 2. The largest absolute Gasteiger partial charge is 0.358 e. The topological polar surface area (TPSA) is 74.0 Å². The van der Waals surface area contributed by atoms with Crippen LogP contribution in [-0.4, -0.2) is 23.3 Å². The quantitative estimate of drug-likeness (QED) is 0.550. The Bertz CT molecular complexity index is 994. The van der Waals surface area contributed by atoms with Gasteiger partial charge in [-0.2, -0.15) is 0 Å². The third kappa shape index (κ3) is 4.77. The van der Waals surface area contributed by atoms with E-state index in [9.17, 15) is 9.59 Å². The van der Waals surface area contributed by atoms with Crippen molar-refractivity contribution >= 4 is 44.3 Å². The highest BCUT2D eigenvalue weighted by molar-refractivity contribution is 9.10. The molecule has 5 nitrogen and oxygen atoms in total. The van der Waals surface area contributed by atoms with Gasteiger partial charge in [-0.3, -0.25) is 9.59 Å². The summed E-state index contributed by atoms with van der Waals surface area (Å²) < 4.78 is 0.908. The van der Waals surface area contributed by atoms with Crippen molar-refractivity contribution in [1.82, 2.24) is 10.3 Å². The van der Waals surface area contributed by atoms with Crippen LogP contribution in [0.25, 0.3) is 10.9 Å². The lowest BCUT2D eigenvalue weighted by molar-refractivity contribution is -0.120. The minimum Gasteiger partial charge on any atom is -0.358 e. The third-order valence-electron chi connectivity index (χ3n) is 4.51. The van der Waals surface area contributed by atoms with Gasteiger partial charge in [0.1, 0.15) is 0 Å². The van der Waals surface area contributed by atoms with E-state index >= 15 is 0 Å². The monoisotopic (exact) mass is 427 g/mol. The first kappa shape index (κ1) is 19.2. The van der Waals surface area contributed by atoms with Gasteiger partial charge in [-0.25, -0.2) is 0 Å².